The van der Waals surface area contributed by atoms with E-state index >= 15 is 0 Å². The molecule has 1 unspecified atom stereocenters. The zero-order valence-corrected chi connectivity index (χ0v) is 15.6. The summed E-state index contributed by atoms with van der Waals surface area (Å²) in [6.45, 7) is 2.08. The molecule has 2 N–H and O–H groups in total. The van der Waals surface area contributed by atoms with E-state index in [1.54, 1.807) is 12.4 Å². The molecule has 9 heteroatoms. The lowest BCUT2D eigenvalue weighted by atomic mass is 10.0. The summed E-state index contributed by atoms with van der Waals surface area (Å²) in [7, 11) is 0. The van der Waals surface area contributed by atoms with Crippen LogP contribution in [0.1, 0.15) is 19.3 Å². The highest BCUT2D eigenvalue weighted by atomic mass is 32.1. The van der Waals surface area contributed by atoms with Crippen LogP contribution < -0.4 is 10.6 Å². The van der Waals surface area contributed by atoms with E-state index in [1.165, 1.54) is 11.3 Å². The third-order valence-electron chi connectivity index (χ3n) is 4.90. The Kier molecular flexibility index (Phi) is 5.30. The molecular formula is C18H21N5O3S. The lowest BCUT2D eigenvalue weighted by molar-refractivity contribution is -0.142. The molecule has 0 radical (unpaired) electrons. The summed E-state index contributed by atoms with van der Waals surface area (Å²) in [5.74, 6) is -0.118. The number of nitrogens with one attached hydrogen (secondary N) is 2. The third-order valence-corrected chi connectivity index (χ3v) is 5.65. The zero-order valence-electron chi connectivity index (χ0n) is 14.8. The molecule has 2 amide bonds. The average molecular weight is 387 g/mol. The average Bonchev–Trinajstić information content (AvgIpc) is 3.32. The van der Waals surface area contributed by atoms with E-state index in [0.29, 0.717) is 11.7 Å². The number of nitrogens with zero attached hydrogens (tertiary/aromatic N) is 3. The van der Waals surface area contributed by atoms with Crippen molar-refractivity contribution in [1.82, 2.24) is 20.2 Å². The van der Waals surface area contributed by atoms with Gasteiger partial charge in [-0.25, -0.2) is 9.78 Å². The van der Waals surface area contributed by atoms with E-state index in [2.05, 4.69) is 25.5 Å². The van der Waals surface area contributed by atoms with E-state index in [-0.39, 0.29) is 24.1 Å². The molecule has 0 spiro atoms. The quantitative estimate of drug-likeness (QED) is 0.780. The Bertz CT molecular complexity index is 804. The number of piperidine rings is 1. The summed E-state index contributed by atoms with van der Waals surface area (Å²) >= 11 is 1.38. The number of likely N-dealkylation sites (tertiary alicyclic amines) is 1. The Morgan fingerprint density at radius 1 is 1.30 bits per heavy atom. The van der Waals surface area contributed by atoms with Gasteiger partial charge in [0, 0.05) is 48.9 Å². The van der Waals surface area contributed by atoms with Gasteiger partial charge in [-0.2, -0.15) is 0 Å². The molecular weight excluding hydrogens is 366 g/mol. The number of rotatable bonds is 4. The molecule has 2 aliphatic rings. The Balaban J connectivity index is 1.26. The van der Waals surface area contributed by atoms with Crippen LogP contribution in [0.15, 0.2) is 29.9 Å². The molecule has 2 fully saturated rings. The lowest BCUT2D eigenvalue weighted by Crippen LogP contribution is -2.49. The number of ether oxygens (including phenoxy) is 1. The van der Waals surface area contributed by atoms with Crippen molar-refractivity contribution in [3.05, 3.63) is 29.9 Å². The molecule has 0 aliphatic carbocycles. The molecule has 1 atom stereocenters. The molecule has 0 bridgehead atoms. The monoisotopic (exact) mass is 387 g/mol. The zero-order chi connectivity index (χ0) is 18.6. The minimum Gasteiger partial charge on any atom is -0.464 e. The van der Waals surface area contributed by atoms with Crippen molar-refractivity contribution in [3.8, 4) is 11.3 Å². The number of esters is 1. The molecule has 2 aromatic rings. The van der Waals surface area contributed by atoms with Crippen LogP contribution >= 0.6 is 11.3 Å². The number of hydrogen-bond donors (Lipinski definition) is 2. The van der Waals surface area contributed by atoms with E-state index in [1.807, 2.05) is 17.5 Å². The third kappa shape index (κ3) is 4.25. The van der Waals surface area contributed by atoms with Gasteiger partial charge in [0.2, 0.25) is 0 Å². The summed E-state index contributed by atoms with van der Waals surface area (Å²) in [6, 6.07) is 3.52. The first-order valence-electron chi connectivity index (χ1n) is 9.03. The number of hydrogen-bond acceptors (Lipinski definition) is 7. The van der Waals surface area contributed by atoms with Gasteiger partial charge < -0.3 is 10.1 Å². The first-order chi connectivity index (χ1) is 13.2. The van der Waals surface area contributed by atoms with Crippen LogP contribution in [0.25, 0.3) is 11.3 Å². The number of anilines is 1. The van der Waals surface area contributed by atoms with Crippen LogP contribution in [-0.2, 0) is 9.53 Å². The Morgan fingerprint density at radius 3 is 2.85 bits per heavy atom. The maximum absolute atomic E-state index is 12.3. The summed E-state index contributed by atoms with van der Waals surface area (Å²) < 4.78 is 5.04. The van der Waals surface area contributed by atoms with E-state index in [0.717, 1.165) is 43.6 Å². The molecule has 2 aromatic heterocycles. The number of pyridine rings is 1. The minimum absolute atomic E-state index is 0.0939. The summed E-state index contributed by atoms with van der Waals surface area (Å²) in [5, 5.41) is 8.25. The number of carbonyl (C=O) groups excluding carboxylic acids is 2. The van der Waals surface area contributed by atoms with Crippen molar-refractivity contribution in [2.45, 2.75) is 31.3 Å². The predicted octanol–water partition coefficient (Wildman–Crippen LogP) is 2.11. The number of cyclic esters (lactones) is 1. The van der Waals surface area contributed by atoms with Gasteiger partial charge in [-0.05, 0) is 25.0 Å². The van der Waals surface area contributed by atoms with Gasteiger partial charge in [0.1, 0.15) is 6.04 Å². The van der Waals surface area contributed by atoms with Crippen molar-refractivity contribution < 1.29 is 14.3 Å². The van der Waals surface area contributed by atoms with Gasteiger partial charge in [0.15, 0.2) is 5.13 Å². The first kappa shape index (κ1) is 17.9. The molecule has 0 aromatic carbocycles. The second-order valence-electron chi connectivity index (χ2n) is 6.66. The highest BCUT2D eigenvalue weighted by Gasteiger charge is 2.34. The van der Waals surface area contributed by atoms with Crippen LogP contribution in [0.3, 0.4) is 0 Å². The lowest BCUT2D eigenvalue weighted by Gasteiger charge is -2.34. The highest BCUT2D eigenvalue weighted by Crippen LogP contribution is 2.24. The number of thiazole rings is 1. The van der Waals surface area contributed by atoms with Crippen LogP contribution in [-0.4, -0.2) is 58.6 Å². The fourth-order valence-electron chi connectivity index (χ4n) is 3.47. The van der Waals surface area contributed by atoms with Crippen LogP contribution in [0.5, 0.6) is 0 Å². The number of urea groups is 1. The molecule has 4 heterocycles. The molecule has 4 rings (SSSR count). The standard InChI is InChI=1S/C18H21N5O3S/c24-16-15(5-9-26-16)23-7-3-13(4-8-23)20-17(25)22-18-21-14(11-27-18)12-2-1-6-19-10-12/h1-2,6,10-11,13,15H,3-5,7-9H2,(H2,20,21,22,25). The Hall–Kier alpha value is -2.52. The second kappa shape index (κ2) is 8.01. The fraction of sp³-hybridized carbons (Fsp3) is 0.444. The van der Waals surface area contributed by atoms with Crippen molar-refractivity contribution in [3.63, 3.8) is 0 Å². The van der Waals surface area contributed by atoms with Gasteiger partial charge in [-0.15, -0.1) is 11.3 Å². The topological polar surface area (TPSA) is 96.4 Å². The van der Waals surface area contributed by atoms with E-state index < -0.39 is 0 Å². The highest BCUT2D eigenvalue weighted by molar-refractivity contribution is 7.14. The van der Waals surface area contributed by atoms with Gasteiger partial charge in [0.25, 0.3) is 0 Å². The maximum Gasteiger partial charge on any atom is 0.323 e. The second-order valence-corrected chi connectivity index (χ2v) is 7.52. The molecule has 142 valence electrons. The number of amides is 2. The summed E-state index contributed by atoms with van der Waals surface area (Å²) in [4.78, 5) is 34.6. The Morgan fingerprint density at radius 2 is 2.15 bits per heavy atom. The molecule has 8 nitrogen and oxygen atoms in total. The maximum atomic E-state index is 12.3. The minimum atomic E-state index is -0.249. The van der Waals surface area contributed by atoms with Crippen molar-refractivity contribution in [2.24, 2.45) is 0 Å². The van der Waals surface area contributed by atoms with Gasteiger partial charge >= 0.3 is 12.0 Å². The van der Waals surface area contributed by atoms with Crippen LogP contribution in [0.4, 0.5) is 9.93 Å². The molecule has 2 aliphatic heterocycles. The van der Waals surface area contributed by atoms with Crippen molar-refractivity contribution in [1.29, 1.82) is 0 Å². The summed E-state index contributed by atoms with van der Waals surface area (Å²) in [5.41, 5.74) is 1.71. The fourth-order valence-corrected chi connectivity index (χ4v) is 4.18. The molecule has 27 heavy (non-hydrogen) atoms. The van der Waals surface area contributed by atoms with Gasteiger partial charge in [-0.3, -0.25) is 20.0 Å². The Labute approximate surface area is 161 Å². The molecule has 0 saturated carbocycles. The van der Waals surface area contributed by atoms with Gasteiger partial charge in [0.05, 0.1) is 12.3 Å². The van der Waals surface area contributed by atoms with Crippen LogP contribution in [0, 0.1) is 0 Å². The predicted molar refractivity (Wildman–Crippen MR) is 101 cm³/mol. The van der Waals surface area contributed by atoms with Crippen LogP contribution in [0.2, 0.25) is 0 Å². The van der Waals surface area contributed by atoms with Gasteiger partial charge in [-0.1, -0.05) is 0 Å². The largest absolute Gasteiger partial charge is 0.464 e. The smallest absolute Gasteiger partial charge is 0.323 e. The van der Waals surface area contributed by atoms with Crippen molar-refractivity contribution >= 4 is 28.5 Å². The first-order valence-corrected chi connectivity index (χ1v) is 9.91. The van der Waals surface area contributed by atoms with E-state index in [9.17, 15) is 9.59 Å². The normalized spacial score (nSPS) is 21.0. The number of aromatic nitrogens is 2. The summed E-state index contributed by atoms with van der Waals surface area (Å²) in [6.07, 6.45) is 5.85. The van der Waals surface area contributed by atoms with Crippen molar-refractivity contribution in [2.75, 3.05) is 25.0 Å². The molecule has 2 saturated heterocycles. The number of carbonyl (C=O) groups is 2. The SMILES string of the molecule is O=C(Nc1nc(-c2cccnc2)cs1)NC1CCN(C2CCOC2=O)CC1. The van der Waals surface area contributed by atoms with E-state index in [4.69, 9.17) is 4.74 Å².